The van der Waals surface area contributed by atoms with Crippen molar-refractivity contribution in [1.29, 1.82) is 0 Å². The number of carboxylic acids is 1. The lowest BCUT2D eigenvalue weighted by molar-refractivity contribution is -0.146. The van der Waals surface area contributed by atoms with E-state index in [1.807, 2.05) is 54.6 Å². The Kier molecular flexibility index (Phi) is 10.4. The van der Waals surface area contributed by atoms with Crippen LogP contribution in [0.25, 0.3) is 22.2 Å². The number of benzene rings is 2. The maximum absolute atomic E-state index is 14.4. The molecule has 3 heterocycles. The molecule has 3 fully saturated rings. The van der Waals surface area contributed by atoms with Crippen molar-refractivity contribution < 1.29 is 38.5 Å². The maximum atomic E-state index is 14.4. The van der Waals surface area contributed by atoms with E-state index in [1.165, 1.54) is 4.90 Å². The summed E-state index contributed by atoms with van der Waals surface area (Å²) < 4.78 is 17.6. The highest BCUT2D eigenvalue weighted by Crippen LogP contribution is 2.47. The molecule has 0 bridgehead atoms. The quantitative estimate of drug-likeness (QED) is 0.287. The molecule has 12 heteroatoms. The summed E-state index contributed by atoms with van der Waals surface area (Å²) in [5, 5.41) is 16.6. The molecule has 3 aliphatic rings. The number of aliphatic carboxylic acids is 1. The highest BCUT2D eigenvalue weighted by atomic mass is 16.6. The predicted molar refractivity (Wildman–Crippen MR) is 190 cm³/mol. The Morgan fingerprint density at radius 1 is 1.00 bits per heavy atom. The minimum Gasteiger partial charge on any atom is -0.497 e. The lowest BCUT2D eigenvalue weighted by Crippen LogP contribution is -2.56. The third-order valence-corrected chi connectivity index (χ3v) is 10.1. The molecule has 1 saturated carbocycles. The summed E-state index contributed by atoms with van der Waals surface area (Å²) >= 11 is 0. The summed E-state index contributed by atoms with van der Waals surface area (Å²) in [6.45, 7) is 5.30. The molecular formula is C39H48N4O8. The summed E-state index contributed by atoms with van der Waals surface area (Å²) in [7, 11) is 1.59. The zero-order chi connectivity index (χ0) is 36.3. The van der Waals surface area contributed by atoms with Crippen LogP contribution in [0.2, 0.25) is 0 Å². The summed E-state index contributed by atoms with van der Waals surface area (Å²) in [6.07, 6.45) is 4.45. The average molecular weight is 701 g/mol. The van der Waals surface area contributed by atoms with E-state index in [-0.39, 0.29) is 18.9 Å². The van der Waals surface area contributed by atoms with Gasteiger partial charge in [0.05, 0.1) is 24.9 Å². The number of aromatic nitrogens is 1. The van der Waals surface area contributed by atoms with E-state index >= 15 is 0 Å². The van der Waals surface area contributed by atoms with E-state index in [2.05, 4.69) is 10.6 Å². The molecule has 6 rings (SSSR count). The van der Waals surface area contributed by atoms with Gasteiger partial charge in [0.1, 0.15) is 40.8 Å². The lowest BCUT2D eigenvalue weighted by atomic mass is 10.0. The van der Waals surface area contributed by atoms with Crippen molar-refractivity contribution in [2.24, 2.45) is 5.92 Å². The first kappa shape index (κ1) is 35.9. The first-order valence-corrected chi connectivity index (χ1v) is 17.9. The normalized spacial score (nSPS) is 25.8. The van der Waals surface area contributed by atoms with Gasteiger partial charge in [-0.05, 0) is 58.1 Å². The fraction of sp³-hybridized carbons (Fsp3) is 0.513. The number of ether oxygens (including phenoxy) is 3. The van der Waals surface area contributed by atoms with Gasteiger partial charge in [-0.2, -0.15) is 0 Å². The van der Waals surface area contributed by atoms with E-state index in [4.69, 9.17) is 19.2 Å². The van der Waals surface area contributed by atoms with Crippen LogP contribution in [0.3, 0.4) is 0 Å². The fourth-order valence-electron chi connectivity index (χ4n) is 7.34. The minimum atomic E-state index is -1.36. The topological polar surface area (TPSA) is 156 Å². The zero-order valence-electron chi connectivity index (χ0n) is 29.8. The number of methoxy groups -OCH3 is 1. The Morgan fingerprint density at radius 2 is 1.73 bits per heavy atom. The molecule has 2 saturated heterocycles. The SMILES string of the molecule is COc1ccc2c(O[C@@H]3C[C@H]4C(=O)N[C@]5(C(=O)O)CC5CCCCCCC[C@H](NC(=O)OC(C)(C)C)C(=O)N4C3)cc(-c3ccccc3)nc2c1. The van der Waals surface area contributed by atoms with Crippen molar-refractivity contribution in [3.63, 3.8) is 0 Å². The molecule has 272 valence electrons. The molecule has 1 aromatic heterocycles. The van der Waals surface area contributed by atoms with Crippen LogP contribution in [-0.4, -0.2) is 81.8 Å². The Balaban J connectivity index is 1.34. The lowest BCUT2D eigenvalue weighted by Gasteiger charge is -2.30. The highest BCUT2D eigenvalue weighted by Gasteiger charge is 2.62. The monoisotopic (exact) mass is 700 g/mol. The Morgan fingerprint density at radius 3 is 2.43 bits per heavy atom. The summed E-state index contributed by atoms with van der Waals surface area (Å²) in [6, 6.07) is 15.1. The summed E-state index contributed by atoms with van der Waals surface area (Å²) in [5.41, 5.74) is 0.0816. The number of hydrogen-bond acceptors (Lipinski definition) is 8. The van der Waals surface area contributed by atoms with Gasteiger partial charge >= 0.3 is 12.1 Å². The van der Waals surface area contributed by atoms with Crippen molar-refractivity contribution in [1.82, 2.24) is 20.5 Å². The van der Waals surface area contributed by atoms with Gasteiger partial charge in [-0.1, -0.05) is 62.4 Å². The van der Waals surface area contributed by atoms with Crippen molar-refractivity contribution in [2.75, 3.05) is 13.7 Å². The molecule has 5 atom stereocenters. The van der Waals surface area contributed by atoms with Crippen LogP contribution >= 0.6 is 0 Å². The Hall–Kier alpha value is -4.87. The predicted octanol–water partition coefficient (Wildman–Crippen LogP) is 5.86. The number of amides is 3. The van der Waals surface area contributed by atoms with Gasteiger partial charge in [-0.25, -0.2) is 14.6 Å². The van der Waals surface area contributed by atoms with Crippen LogP contribution in [0.4, 0.5) is 4.79 Å². The number of carbonyl (C=O) groups is 4. The van der Waals surface area contributed by atoms with E-state index in [9.17, 15) is 24.3 Å². The molecule has 0 radical (unpaired) electrons. The Labute approximate surface area is 298 Å². The number of alkyl carbamates (subject to hydrolysis) is 1. The molecular weight excluding hydrogens is 652 g/mol. The van der Waals surface area contributed by atoms with Crippen LogP contribution in [0, 0.1) is 5.92 Å². The second kappa shape index (κ2) is 14.8. The van der Waals surface area contributed by atoms with E-state index in [1.54, 1.807) is 27.9 Å². The number of rotatable bonds is 6. The van der Waals surface area contributed by atoms with Gasteiger partial charge < -0.3 is 34.9 Å². The molecule has 3 amide bonds. The van der Waals surface area contributed by atoms with Crippen LogP contribution in [0.1, 0.15) is 78.6 Å². The molecule has 3 N–H and O–H groups in total. The van der Waals surface area contributed by atoms with Gasteiger partial charge in [0.2, 0.25) is 11.8 Å². The maximum Gasteiger partial charge on any atom is 0.408 e. The molecule has 1 unspecified atom stereocenters. The number of carbonyl (C=O) groups excluding carboxylic acids is 3. The number of carboxylic acid groups (broad SMARTS) is 1. The number of fused-ring (bicyclic) bond motifs is 3. The van der Waals surface area contributed by atoms with Crippen LogP contribution < -0.4 is 20.1 Å². The number of pyridine rings is 1. The van der Waals surface area contributed by atoms with Gasteiger partial charge in [0.15, 0.2) is 0 Å². The van der Waals surface area contributed by atoms with Crippen molar-refractivity contribution in [3.05, 3.63) is 54.6 Å². The highest BCUT2D eigenvalue weighted by molar-refractivity contribution is 5.96. The van der Waals surface area contributed by atoms with Crippen LogP contribution in [0.5, 0.6) is 11.5 Å². The van der Waals surface area contributed by atoms with Crippen molar-refractivity contribution in [2.45, 2.75) is 108 Å². The molecule has 2 aliphatic heterocycles. The third kappa shape index (κ3) is 8.21. The zero-order valence-corrected chi connectivity index (χ0v) is 29.8. The minimum absolute atomic E-state index is 0.0492. The van der Waals surface area contributed by atoms with Crippen LogP contribution in [0.15, 0.2) is 54.6 Å². The van der Waals surface area contributed by atoms with Crippen molar-refractivity contribution in [3.8, 4) is 22.8 Å². The van der Waals surface area contributed by atoms with Crippen molar-refractivity contribution >= 4 is 34.8 Å². The largest absolute Gasteiger partial charge is 0.497 e. The van der Waals surface area contributed by atoms with E-state index in [0.717, 1.165) is 36.6 Å². The number of nitrogens with zero attached hydrogens (tertiary/aromatic N) is 2. The number of nitrogens with one attached hydrogen (secondary N) is 2. The van der Waals surface area contributed by atoms with Gasteiger partial charge in [0, 0.05) is 29.5 Å². The summed E-state index contributed by atoms with van der Waals surface area (Å²) in [4.78, 5) is 60.3. The van der Waals surface area contributed by atoms with Gasteiger partial charge in [-0.15, -0.1) is 0 Å². The van der Waals surface area contributed by atoms with Gasteiger partial charge in [0.25, 0.3) is 0 Å². The second-order valence-electron chi connectivity index (χ2n) is 14.9. The standard InChI is InChI=1S/C39H48N4O8/c1-38(2,3)51-37(48)41-29-16-12-7-5-6-11-15-25-22-39(25,36(46)47)42-34(44)32-20-27(23-43(32)35(29)45)50-33-21-30(24-13-9-8-10-14-24)40-31-19-26(49-4)17-18-28(31)33/h8-10,13-14,17-19,21,25,27,29,32H,5-7,11-12,15-16,20,22-23H2,1-4H3,(H,41,48)(H,42,44)(H,46,47)/t25?,27-,29+,32+,39-/m1/s1. The Bertz CT molecular complexity index is 1780. The first-order valence-electron chi connectivity index (χ1n) is 17.9. The fourth-order valence-corrected chi connectivity index (χ4v) is 7.34. The second-order valence-corrected chi connectivity index (χ2v) is 14.9. The third-order valence-electron chi connectivity index (χ3n) is 10.1. The van der Waals surface area contributed by atoms with E-state index < -0.39 is 53.2 Å². The van der Waals surface area contributed by atoms with Gasteiger partial charge in [-0.3, -0.25) is 9.59 Å². The average Bonchev–Trinajstić information content (AvgIpc) is 3.63. The smallest absolute Gasteiger partial charge is 0.408 e. The van der Waals surface area contributed by atoms with Crippen LogP contribution in [-0.2, 0) is 19.1 Å². The molecule has 1 aliphatic carbocycles. The van der Waals surface area contributed by atoms with E-state index in [0.29, 0.717) is 48.4 Å². The summed E-state index contributed by atoms with van der Waals surface area (Å²) in [5.74, 6) is -1.05. The first-order chi connectivity index (χ1) is 24.4. The molecule has 12 nitrogen and oxygen atoms in total. The molecule has 3 aromatic rings. The molecule has 0 spiro atoms. The number of hydrogen-bond donors (Lipinski definition) is 3. The molecule has 2 aromatic carbocycles. The molecule has 51 heavy (non-hydrogen) atoms.